The summed E-state index contributed by atoms with van der Waals surface area (Å²) in [4.78, 5) is 0.262. The second kappa shape index (κ2) is 8.28. The third-order valence-electron chi connectivity index (χ3n) is 6.34. The van der Waals surface area contributed by atoms with E-state index in [-0.39, 0.29) is 16.9 Å². The molecule has 0 aliphatic heterocycles. The van der Waals surface area contributed by atoms with Gasteiger partial charge in [0.15, 0.2) is 9.84 Å². The lowest BCUT2D eigenvalue weighted by Gasteiger charge is -2.45. The molecule has 2 aromatic rings. The number of hydrogen-bond donors (Lipinski definition) is 2. The van der Waals surface area contributed by atoms with Crippen LogP contribution in [0.15, 0.2) is 58.6 Å². The molecule has 3 rings (SSSR count). The molecule has 0 radical (unpaired) electrons. The summed E-state index contributed by atoms with van der Waals surface area (Å²) in [6.07, 6.45) is 3.85. The summed E-state index contributed by atoms with van der Waals surface area (Å²) < 4.78 is 23.9. The Labute approximate surface area is 173 Å². The molecule has 1 atom stereocenters. The molecule has 1 aliphatic carbocycles. The van der Waals surface area contributed by atoms with Gasteiger partial charge in [0.2, 0.25) is 0 Å². The van der Waals surface area contributed by atoms with Crippen LogP contribution in [0.5, 0.6) is 0 Å². The van der Waals surface area contributed by atoms with E-state index in [1.165, 1.54) is 6.26 Å². The Balaban J connectivity index is 2.28. The average molecular weight is 416 g/mol. The highest BCUT2D eigenvalue weighted by molar-refractivity contribution is 7.90. The van der Waals surface area contributed by atoms with Crippen LogP contribution in [0.25, 0.3) is 0 Å². The van der Waals surface area contributed by atoms with E-state index in [4.69, 9.17) is 0 Å². The van der Waals surface area contributed by atoms with Crippen molar-refractivity contribution in [2.24, 2.45) is 11.1 Å². The number of rotatable bonds is 5. The number of hydrogen-bond acceptors (Lipinski definition) is 5. The molecule has 0 heterocycles. The van der Waals surface area contributed by atoms with E-state index < -0.39 is 15.3 Å². The minimum absolute atomic E-state index is 0.118. The van der Waals surface area contributed by atoms with E-state index in [1.807, 2.05) is 44.2 Å². The molecule has 1 aliphatic rings. The van der Waals surface area contributed by atoms with Crippen LogP contribution in [-0.4, -0.2) is 36.8 Å². The third-order valence-corrected chi connectivity index (χ3v) is 7.47. The van der Waals surface area contributed by atoms with E-state index in [0.29, 0.717) is 18.6 Å². The van der Waals surface area contributed by atoms with Crippen LogP contribution in [0.2, 0.25) is 0 Å². The maximum atomic E-state index is 12.0. The zero-order valence-electron chi connectivity index (χ0n) is 17.2. The molecule has 2 N–H and O–H groups in total. The first-order valence-electron chi connectivity index (χ1n) is 9.95. The Morgan fingerprint density at radius 1 is 1.03 bits per heavy atom. The summed E-state index contributed by atoms with van der Waals surface area (Å²) in [6.45, 7) is 3.86. The van der Waals surface area contributed by atoms with Crippen LogP contribution in [0.1, 0.15) is 49.3 Å². The Morgan fingerprint density at radius 2 is 1.62 bits per heavy atom. The van der Waals surface area contributed by atoms with Gasteiger partial charge >= 0.3 is 0 Å². The molecular formula is C23H29NO4S. The smallest absolute Gasteiger partial charge is 0.175 e. The Bertz CT molecular complexity index is 990. The summed E-state index contributed by atoms with van der Waals surface area (Å²) in [7, 11) is -3.31. The van der Waals surface area contributed by atoms with Gasteiger partial charge in [-0.05, 0) is 74.3 Å². The SMILES string of the molecule is C/C(=N/O)C(c1ccc(S(C)(=O)=O)cc1)(c1ccccc1C)C1CCC(O)CC1. The fourth-order valence-electron chi connectivity index (χ4n) is 4.88. The minimum Gasteiger partial charge on any atom is -0.411 e. The molecular weight excluding hydrogens is 386 g/mol. The molecule has 0 amide bonds. The molecule has 0 spiro atoms. The van der Waals surface area contributed by atoms with Gasteiger partial charge in [-0.3, -0.25) is 0 Å². The number of aliphatic hydroxyl groups is 1. The first-order valence-corrected chi connectivity index (χ1v) is 11.8. The molecule has 1 saturated carbocycles. The molecule has 156 valence electrons. The van der Waals surface area contributed by atoms with Crippen LogP contribution in [0, 0.1) is 12.8 Å². The minimum atomic E-state index is -3.31. The van der Waals surface area contributed by atoms with Crippen LogP contribution >= 0.6 is 0 Å². The zero-order valence-corrected chi connectivity index (χ0v) is 18.0. The quantitative estimate of drug-likeness (QED) is 0.437. The molecule has 1 fully saturated rings. The number of benzene rings is 2. The zero-order chi connectivity index (χ0) is 21.2. The van der Waals surface area contributed by atoms with E-state index in [1.54, 1.807) is 12.1 Å². The van der Waals surface area contributed by atoms with Gasteiger partial charge in [0, 0.05) is 6.26 Å². The third kappa shape index (κ3) is 3.96. The van der Waals surface area contributed by atoms with Gasteiger partial charge in [-0.15, -0.1) is 0 Å². The van der Waals surface area contributed by atoms with Crippen molar-refractivity contribution in [1.82, 2.24) is 0 Å². The summed E-state index contributed by atoms with van der Waals surface area (Å²) in [5, 5.41) is 23.6. The van der Waals surface area contributed by atoms with Crippen molar-refractivity contribution in [3.63, 3.8) is 0 Å². The number of oxime groups is 1. The highest BCUT2D eigenvalue weighted by Gasteiger charge is 2.47. The van der Waals surface area contributed by atoms with Crippen LogP contribution in [0.3, 0.4) is 0 Å². The predicted molar refractivity (Wildman–Crippen MR) is 114 cm³/mol. The molecule has 0 saturated heterocycles. The van der Waals surface area contributed by atoms with Crippen molar-refractivity contribution in [2.75, 3.05) is 6.26 Å². The lowest BCUT2D eigenvalue weighted by atomic mass is 9.58. The van der Waals surface area contributed by atoms with Crippen molar-refractivity contribution < 1.29 is 18.7 Å². The summed E-state index contributed by atoms with van der Waals surface area (Å²) >= 11 is 0. The number of sulfone groups is 1. The van der Waals surface area contributed by atoms with Gasteiger partial charge < -0.3 is 10.3 Å². The van der Waals surface area contributed by atoms with Gasteiger partial charge in [-0.1, -0.05) is 41.6 Å². The molecule has 0 aromatic heterocycles. The Hall–Kier alpha value is -2.18. The number of aryl methyl sites for hydroxylation is 1. The van der Waals surface area contributed by atoms with Crippen LogP contribution in [-0.2, 0) is 15.3 Å². The standard InChI is InChI=1S/C23H29NO4S/c1-16-6-4-5-7-22(16)23(17(2)24-26,18-8-12-20(25)13-9-18)19-10-14-21(15-11-19)29(3,27)28/h4-7,10-11,14-15,18,20,25-26H,8-9,12-13H2,1-3H3/b24-17-. The fraction of sp³-hybridized carbons (Fsp3) is 0.435. The summed E-state index contributed by atoms with van der Waals surface area (Å²) in [5.41, 5.74) is 2.89. The monoisotopic (exact) mass is 415 g/mol. The maximum absolute atomic E-state index is 12.0. The first-order chi connectivity index (χ1) is 13.7. The Kier molecular flexibility index (Phi) is 6.15. The molecule has 6 heteroatoms. The van der Waals surface area contributed by atoms with Crippen LogP contribution in [0.4, 0.5) is 0 Å². The van der Waals surface area contributed by atoms with Gasteiger partial charge in [0.1, 0.15) is 0 Å². The normalized spacial score (nSPS) is 22.8. The van der Waals surface area contributed by atoms with Gasteiger partial charge in [0.05, 0.1) is 22.1 Å². The number of nitrogens with zero attached hydrogens (tertiary/aromatic N) is 1. The molecule has 29 heavy (non-hydrogen) atoms. The highest BCUT2D eigenvalue weighted by Crippen LogP contribution is 2.48. The molecule has 0 bridgehead atoms. The predicted octanol–water partition coefficient (Wildman–Crippen LogP) is 4.09. The van der Waals surface area contributed by atoms with E-state index in [2.05, 4.69) is 11.2 Å². The van der Waals surface area contributed by atoms with Gasteiger partial charge in [-0.2, -0.15) is 0 Å². The van der Waals surface area contributed by atoms with E-state index in [0.717, 1.165) is 29.5 Å². The van der Waals surface area contributed by atoms with Crippen molar-refractivity contribution in [2.45, 2.75) is 55.9 Å². The second-order valence-electron chi connectivity index (χ2n) is 8.11. The average Bonchev–Trinajstić information content (AvgIpc) is 2.70. The lowest BCUT2D eigenvalue weighted by molar-refractivity contribution is 0.0979. The fourth-order valence-corrected chi connectivity index (χ4v) is 5.51. The number of aliphatic hydroxyl groups excluding tert-OH is 1. The maximum Gasteiger partial charge on any atom is 0.175 e. The molecule has 2 aromatic carbocycles. The highest BCUT2D eigenvalue weighted by atomic mass is 32.2. The van der Waals surface area contributed by atoms with Crippen molar-refractivity contribution >= 4 is 15.5 Å². The first kappa shape index (κ1) is 21.5. The van der Waals surface area contributed by atoms with Crippen molar-refractivity contribution in [3.05, 3.63) is 65.2 Å². The van der Waals surface area contributed by atoms with Crippen molar-refractivity contribution in [1.29, 1.82) is 0 Å². The van der Waals surface area contributed by atoms with Gasteiger partial charge in [0.25, 0.3) is 0 Å². The van der Waals surface area contributed by atoms with E-state index in [9.17, 15) is 18.7 Å². The Morgan fingerprint density at radius 3 is 2.14 bits per heavy atom. The van der Waals surface area contributed by atoms with Gasteiger partial charge in [-0.25, -0.2) is 8.42 Å². The van der Waals surface area contributed by atoms with E-state index >= 15 is 0 Å². The van der Waals surface area contributed by atoms with Crippen LogP contribution < -0.4 is 0 Å². The molecule has 5 nitrogen and oxygen atoms in total. The largest absolute Gasteiger partial charge is 0.411 e. The van der Waals surface area contributed by atoms with Crippen molar-refractivity contribution in [3.8, 4) is 0 Å². The molecule has 1 unspecified atom stereocenters. The second-order valence-corrected chi connectivity index (χ2v) is 10.1. The summed E-state index contributed by atoms with van der Waals surface area (Å²) in [5.74, 6) is 0.118. The lowest BCUT2D eigenvalue weighted by Crippen LogP contribution is -2.45. The summed E-state index contributed by atoms with van der Waals surface area (Å²) in [6, 6.07) is 15.0. The topological polar surface area (TPSA) is 87.0 Å².